The van der Waals surface area contributed by atoms with Crippen LogP contribution in [0.1, 0.15) is 24.8 Å². The van der Waals surface area contributed by atoms with E-state index in [4.69, 9.17) is 10.5 Å². The third-order valence-electron chi connectivity index (χ3n) is 3.89. The molecule has 0 aliphatic carbocycles. The maximum Gasteiger partial charge on any atom is 0.326 e. The second-order valence-corrected chi connectivity index (χ2v) is 6.08. The van der Waals surface area contributed by atoms with Crippen LogP contribution in [0.25, 0.3) is 0 Å². The Balaban J connectivity index is 1.88. The van der Waals surface area contributed by atoms with Gasteiger partial charge in [-0.2, -0.15) is 0 Å². The third kappa shape index (κ3) is 7.37. The number of hydrogen-bond donors (Lipinski definition) is 4. The Morgan fingerprint density at radius 2 is 1.85 bits per heavy atom. The van der Waals surface area contributed by atoms with Crippen LogP contribution in [0.4, 0.5) is 10.5 Å². The molecule has 0 radical (unpaired) electrons. The van der Waals surface area contributed by atoms with E-state index in [1.807, 2.05) is 30.3 Å². The van der Waals surface area contributed by atoms with Crippen LogP contribution < -0.4 is 21.1 Å². The molecule has 7 nitrogen and oxygen atoms in total. The van der Waals surface area contributed by atoms with Gasteiger partial charge in [0.2, 0.25) is 0 Å². The average molecular weight is 371 g/mol. The van der Waals surface area contributed by atoms with Gasteiger partial charge >= 0.3 is 12.0 Å². The smallest absolute Gasteiger partial charge is 0.326 e. The van der Waals surface area contributed by atoms with Crippen molar-refractivity contribution >= 4 is 17.7 Å². The summed E-state index contributed by atoms with van der Waals surface area (Å²) in [4.78, 5) is 23.4. The lowest BCUT2D eigenvalue weighted by atomic mass is 10.1. The van der Waals surface area contributed by atoms with Crippen LogP contribution in [-0.2, 0) is 11.4 Å². The van der Waals surface area contributed by atoms with E-state index in [0.717, 1.165) is 5.56 Å². The minimum absolute atomic E-state index is 0.334. The Morgan fingerprint density at radius 3 is 2.56 bits per heavy atom. The lowest BCUT2D eigenvalue weighted by Gasteiger charge is -2.15. The second-order valence-electron chi connectivity index (χ2n) is 6.08. The lowest BCUT2D eigenvalue weighted by molar-refractivity contribution is -0.139. The van der Waals surface area contributed by atoms with Crippen molar-refractivity contribution in [2.45, 2.75) is 31.9 Å². The van der Waals surface area contributed by atoms with Gasteiger partial charge < -0.3 is 26.2 Å². The Hall–Kier alpha value is -3.06. The Bertz CT molecular complexity index is 737. The quantitative estimate of drug-likeness (QED) is 0.480. The van der Waals surface area contributed by atoms with Crippen LogP contribution in [0.5, 0.6) is 5.75 Å². The molecule has 0 bridgehead atoms. The summed E-state index contributed by atoms with van der Waals surface area (Å²) in [5, 5.41) is 14.3. The molecule has 0 spiro atoms. The van der Waals surface area contributed by atoms with Gasteiger partial charge in [-0.1, -0.05) is 36.4 Å². The average Bonchev–Trinajstić information content (AvgIpc) is 2.67. The van der Waals surface area contributed by atoms with Gasteiger partial charge in [0, 0.05) is 11.8 Å². The molecule has 0 aromatic heterocycles. The molecule has 2 aromatic carbocycles. The first-order valence-electron chi connectivity index (χ1n) is 8.85. The number of aliphatic carboxylic acids is 1. The number of hydrogen-bond acceptors (Lipinski definition) is 4. The van der Waals surface area contributed by atoms with Gasteiger partial charge in [-0.3, -0.25) is 0 Å². The minimum Gasteiger partial charge on any atom is -0.489 e. The molecule has 2 amide bonds. The van der Waals surface area contributed by atoms with Crippen molar-refractivity contribution < 1.29 is 19.4 Å². The zero-order valence-electron chi connectivity index (χ0n) is 15.1. The third-order valence-corrected chi connectivity index (χ3v) is 3.89. The molecule has 0 aliphatic heterocycles. The zero-order chi connectivity index (χ0) is 19.5. The molecule has 0 saturated carbocycles. The van der Waals surface area contributed by atoms with Gasteiger partial charge in [0.15, 0.2) is 0 Å². The van der Waals surface area contributed by atoms with Crippen LogP contribution in [0.2, 0.25) is 0 Å². The number of benzene rings is 2. The Kier molecular flexibility index (Phi) is 8.12. The summed E-state index contributed by atoms with van der Waals surface area (Å²) >= 11 is 0. The second kappa shape index (κ2) is 10.8. The molecule has 0 aliphatic rings. The van der Waals surface area contributed by atoms with E-state index in [2.05, 4.69) is 10.6 Å². The maximum atomic E-state index is 12.1. The Labute approximate surface area is 158 Å². The topological polar surface area (TPSA) is 114 Å². The first-order valence-corrected chi connectivity index (χ1v) is 8.85. The number of ether oxygens (including phenoxy) is 1. The molecule has 27 heavy (non-hydrogen) atoms. The molecule has 5 N–H and O–H groups in total. The normalized spacial score (nSPS) is 11.4. The van der Waals surface area contributed by atoms with Crippen molar-refractivity contribution in [1.29, 1.82) is 0 Å². The summed E-state index contributed by atoms with van der Waals surface area (Å²) in [7, 11) is 0. The highest BCUT2D eigenvalue weighted by Gasteiger charge is 2.19. The zero-order valence-corrected chi connectivity index (χ0v) is 15.1. The predicted molar refractivity (Wildman–Crippen MR) is 104 cm³/mol. The van der Waals surface area contributed by atoms with Crippen LogP contribution in [0.3, 0.4) is 0 Å². The van der Waals surface area contributed by atoms with Gasteiger partial charge in [-0.15, -0.1) is 0 Å². The van der Waals surface area contributed by atoms with E-state index in [-0.39, 0.29) is 0 Å². The maximum absolute atomic E-state index is 12.1. The fraction of sp³-hybridized carbons (Fsp3) is 0.300. The van der Waals surface area contributed by atoms with Crippen molar-refractivity contribution in [2.24, 2.45) is 5.73 Å². The van der Waals surface area contributed by atoms with Gasteiger partial charge in [-0.25, -0.2) is 9.59 Å². The molecule has 0 saturated heterocycles. The highest BCUT2D eigenvalue weighted by molar-refractivity contribution is 5.92. The number of carbonyl (C=O) groups excluding carboxylic acids is 1. The van der Waals surface area contributed by atoms with Gasteiger partial charge in [0.25, 0.3) is 0 Å². The molecular weight excluding hydrogens is 346 g/mol. The van der Waals surface area contributed by atoms with Gasteiger partial charge in [0.1, 0.15) is 18.4 Å². The minimum atomic E-state index is -1.07. The molecular formula is C20H25N3O4. The molecule has 0 heterocycles. The number of rotatable bonds is 10. The number of nitrogens with one attached hydrogen (secondary N) is 2. The number of carboxylic acid groups (broad SMARTS) is 1. The van der Waals surface area contributed by atoms with E-state index >= 15 is 0 Å². The SMILES string of the molecule is NCCCC[C@H](NC(=O)Nc1cccc(OCc2ccccc2)c1)C(=O)O. The van der Waals surface area contributed by atoms with Crippen LogP contribution in [-0.4, -0.2) is 29.7 Å². The van der Waals surface area contributed by atoms with Crippen molar-refractivity contribution in [3.63, 3.8) is 0 Å². The van der Waals surface area contributed by atoms with Gasteiger partial charge in [-0.05, 0) is 43.5 Å². The number of carboxylic acids is 1. The molecule has 2 aromatic rings. The van der Waals surface area contributed by atoms with Crippen LogP contribution in [0.15, 0.2) is 54.6 Å². The monoisotopic (exact) mass is 371 g/mol. The van der Waals surface area contributed by atoms with Crippen molar-refractivity contribution in [1.82, 2.24) is 5.32 Å². The summed E-state index contributed by atoms with van der Waals surface area (Å²) in [6, 6.07) is 15.2. The number of nitrogens with two attached hydrogens (primary N) is 1. The fourth-order valence-electron chi connectivity index (χ4n) is 2.48. The van der Waals surface area contributed by atoms with E-state index in [9.17, 15) is 14.7 Å². The summed E-state index contributed by atoms with van der Waals surface area (Å²) in [5.74, 6) is -0.462. The van der Waals surface area contributed by atoms with Crippen LogP contribution in [0, 0.1) is 0 Å². The summed E-state index contributed by atoms with van der Waals surface area (Å²) in [6.07, 6.45) is 1.69. The standard InChI is InChI=1S/C20H25N3O4/c21-12-5-4-11-18(19(24)25)23-20(26)22-16-9-6-10-17(13-16)27-14-15-7-2-1-3-8-15/h1-3,6-10,13,18H,4-5,11-12,14,21H2,(H,24,25)(H2,22,23,26)/t18-/m0/s1. The lowest BCUT2D eigenvalue weighted by Crippen LogP contribution is -2.43. The first-order chi connectivity index (χ1) is 13.1. The first kappa shape index (κ1) is 20.3. The summed E-state index contributed by atoms with van der Waals surface area (Å²) < 4.78 is 5.72. The number of urea groups is 1. The van der Waals surface area contributed by atoms with E-state index in [1.165, 1.54) is 0 Å². The Morgan fingerprint density at radius 1 is 1.07 bits per heavy atom. The largest absolute Gasteiger partial charge is 0.489 e. The van der Waals surface area contributed by atoms with Gasteiger partial charge in [0.05, 0.1) is 0 Å². The van der Waals surface area contributed by atoms with E-state index < -0.39 is 18.0 Å². The highest BCUT2D eigenvalue weighted by Crippen LogP contribution is 2.18. The number of amides is 2. The van der Waals surface area contributed by atoms with Crippen molar-refractivity contribution in [3.8, 4) is 5.75 Å². The molecule has 1 atom stereocenters. The highest BCUT2D eigenvalue weighted by atomic mass is 16.5. The van der Waals surface area contributed by atoms with Crippen LogP contribution >= 0.6 is 0 Å². The van der Waals surface area contributed by atoms with Crippen molar-refractivity contribution in [3.05, 3.63) is 60.2 Å². The van der Waals surface area contributed by atoms with Crippen molar-refractivity contribution in [2.75, 3.05) is 11.9 Å². The number of anilines is 1. The molecule has 144 valence electrons. The summed E-state index contributed by atoms with van der Waals surface area (Å²) in [5.41, 5.74) is 6.97. The number of unbranched alkanes of at least 4 members (excludes halogenated alkanes) is 1. The molecule has 7 heteroatoms. The number of carbonyl (C=O) groups is 2. The fourth-order valence-corrected chi connectivity index (χ4v) is 2.48. The molecule has 0 unspecified atom stereocenters. The molecule has 0 fully saturated rings. The van der Waals surface area contributed by atoms with E-state index in [0.29, 0.717) is 43.9 Å². The predicted octanol–water partition coefficient (Wildman–Crippen LogP) is 2.97. The summed E-state index contributed by atoms with van der Waals surface area (Å²) in [6.45, 7) is 0.910. The molecule has 2 rings (SSSR count). The van der Waals surface area contributed by atoms with E-state index in [1.54, 1.807) is 24.3 Å².